The van der Waals surface area contributed by atoms with E-state index in [0.717, 1.165) is 12.0 Å². The molecule has 0 radical (unpaired) electrons. The monoisotopic (exact) mass is 342 g/mol. The molecule has 1 amide bonds. The molecule has 0 N–H and O–H groups in total. The summed E-state index contributed by atoms with van der Waals surface area (Å²) >= 11 is 6.02. The number of ether oxygens (including phenoxy) is 1. The minimum Gasteiger partial charge on any atom is -0.482 e. The number of amides is 1. The fourth-order valence-electron chi connectivity index (χ4n) is 2.25. The molecule has 0 unspecified atom stereocenters. The highest BCUT2D eigenvalue weighted by atomic mass is 35.5. The molecule has 2 rings (SSSR count). The van der Waals surface area contributed by atoms with Crippen LogP contribution >= 0.6 is 11.6 Å². The lowest BCUT2D eigenvalue weighted by Crippen LogP contribution is -2.37. The van der Waals surface area contributed by atoms with Crippen LogP contribution in [0.3, 0.4) is 0 Å². The second kappa shape index (κ2) is 9.59. The van der Waals surface area contributed by atoms with Gasteiger partial charge in [-0.1, -0.05) is 54.1 Å². The van der Waals surface area contributed by atoms with Crippen LogP contribution in [-0.2, 0) is 11.2 Å². The average molecular weight is 343 g/mol. The van der Waals surface area contributed by atoms with Crippen molar-refractivity contribution in [3.8, 4) is 11.8 Å². The number of carbonyl (C=O) groups is 1. The van der Waals surface area contributed by atoms with E-state index in [2.05, 4.69) is 6.07 Å². The predicted octanol–water partition coefficient (Wildman–Crippen LogP) is 3.70. The lowest BCUT2D eigenvalue weighted by atomic mass is 10.1. The fraction of sp³-hybridized carbons (Fsp3) is 0.263. The van der Waals surface area contributed by atoms with E-state index in [4.69, 9.17) is 21.6 Å². The molecule has 0 saturated heterocycles. The van der Waals surface area contributed by atoms with Crippen molar-refractivity contribution in [1.29, 1.82) is 5.26 Å². The van der Waals surface area contributed by atoms with Crippen LogP contribution in [-0.4, -0.2) is 30.5 Å². The van der Waals surface area contributed by atoms with E-state index >= 15 is 0 Å². The maximum Gasteiger partial charge on any atom is 0.260 e. The number of nitriles is 1. The molecule has 0 spiro atoms. The molecule has 0 aromatic heterocycles. The Hall–Kier alpha value is -2.51. The molecule has 0 aliphatic heterocycles. The number of para-hydroxylation sites is 1. The molecule has 124 valence electrons. The first-order valence-electron chi connectivity index (χ1n) is 7.76. The molecule has 0 fully saturated rings. The van der Waals surface area contributed by atoms with Crippen molar-refractivity contribution in [3.05, 3.63) is 65.2 Å². The summed E-state index contributed by atoms with van der Waals surface area (Å²) < 4.78 is 5.51. The third-order valence-corrected chi connectivity index (χ3v) is 3.86. The van der Waals surface area contributed by atoms with Crippen LogP contribution in [0, 0.1) is 11.3 Å². The van der Waals surface area contributed by atoms with Crippen LogP contribution < -0.4 is 4.74 Å². The molecule has 0 heterocycles. The van der Waals surface area contributed by atoms with Crippen LogP contribution in [0.1, 0.15) is 12.0 Å². The van der Waals surface area contributed by atoms with Crippen molar-refractivity contribution in [2.75, 3.05) is 19.7 Å². The number of benzene rings is 2. The third kappa shape index (κ3) is 5.60. The van der Waals surface area contributed by atoms with Gasteiger partial charge in [0.1, 0.15) is 5.75 Å². The van der Waals surface area contributed by atoms with Crippen LogP contribution in [0.25, 0.3) is 0 Å². The summed E-state index contributed by atoms with van der Waals surface area (Å²) in [4.78, 5) is 14.1. The fourth-order valence-corrected chi connectivity index (χ4v) is 2.44. The molecule has 0 aliphatic rings. The number of hydrogen-bond acceptors (Lipinski definition) is 3. The van der Waals surface area contributed by atoms with Crippen LogP contribution in [0.4, 0.5) is 0 Å². The summed E-state index contributed by atoms with van der Waals surface area (Å²) in [6.07, 6.45) is 1.04. The van der Waals surface area contributed by atoms with Crippen LogP contribution in [0.5, 0.6) is 5.75 Å². The Morgan fingerprint density at radius 3 is 2.50 bits per heavy atom. The summed E-state index contributed by atoms with van der Waals surface area (Å²) in [5, 5.41) is 9.26. The van der Waals surface area contributed by atoms with Crippen molar-refractivity contribution >= 4 is 17.5 Å². The quantitative estimate of drug-likeness (QED) is 0.735. The van der Waals surface area contributed by atoms with E-state index in [1.54, 1.807) is 29.2 Å². The molecular formula is C19H19ClN2O2. The van der Waals surface area contributed by atoms with E-state index in [1.165, 1.54) is 0 Å². The number of nitrogens with zero attached hydrogens (tertiary/aromatic N) is 2. The highest BCUT2D eigenvalue weighted by Gasteiger charge is 2.14. The lowest BCUT2D eigenvalue weighted by Gasteiger charge is -2.22. The lowest BCUT2D eigenvalue weighted by molar-refractivity contribution is -0.133. The first-order chi connectivity index (χ1) is 11.7. The topological polar surface area (TPSA) is 53.3 Å². The number of carbonyl (C=O) groups excluding carboxylic acids is 1. The third-order valence-electron chi connectivity index (χ3n) is 3.55. The second-order valence-electron chi connectivity index (χ2n) is 5.24. The Morgan fingerprint density at radius 1 is 1.08 bits per heavy atom. The zero-order chi connectivity index (χ0) is 17.2. The second-order valence-corrected chi connectivity index (χ2v) is 5.65. The van der Waals surface area contributed by atoms with Crippen LogP contribution in [0.15, 0.2) is 54.6 Å². The summed E-state index contributed by atoms with van der Waals surface area (Å²) in [5.41, 5.74) is 1.15. The maximum absolute atomic E-state index is 12.4. The minimum absolute atomic E-state index is 0.0933. The van der Waals surface area contributed by atoms with E-state index in [9.17, 15) is 4.79 Å². The largest absolute Gasteiger partial charge is 0.482 e. The standard InChI is InChI=1S/C19H19ClN2O2/c20-17-9-4-5-10-18(17)24-15-19(23)22(13-6-12-21)14-11-16-7-2-1-3-8-16/h1-5,7-10H,6,11,13-15H2. The highest BCUT2D eigenvalue weighted by Crippen LogP contribution is 2.23. The Labute approximate surface area is 147 Å². The average Bonchev–Trinajstić information content (AvgIpc) is 2.62. The molecule has 0 bridgehead atoms. The summed E-state index contributed by atoms with van der Waals surface area (Å²) in [6, 6.07) is 19.1. The molecule has 2 aromatic rings. The van der Waals surface area contributed by atoms with Gasteiger partial charge in [-0.05, 0) is 24.1 Å². The smallest absolute Gasteiger partial charge is 0.260 e. The van der Waals surface area contributed by atoms with Gasteiger partial charge in [-0.2, -0.15) is 5.26 Å². The maximum atomic E-state index is 12.4. The first-order valence-corrected chi connectivity index (χ1v) is 8.14. The normalized spacial score (nSPS) is 10.0. The Kier molecular flexibility index (Phi) is 7.13. The van der Waals surface area contributed by atoms with Crippen LogP contribution in [0.2, 0.25) is 5.02 Å². The number of hydrogen-bond donors (Lipinski definition) is 0. The van der Waals surface area contributed by atoms with Gasteiger partial charge in [0.2, 0.25) is 0 Å². The Morgan fingerprint density at radius 2 is 1.79 bits per heavy atom. The van der Waals surface area contributed by atoms with Gasteiger partial charge in [0.25, 0.3) is 5.91 Å². The molecule has 0 saturated carbocycles. The van der Waals surface area contributed by atoms with Gasteiger partial charge in [-0.15, -0.1) is 0 Å². The highest BCUT2D eigenvalue weighted by molar-refractivity contribution is 6.32. The van der Waals surface area contributed by atoms with Gasteiger partial charge in [0.05, 0.1) is 17.5 Å². The van der Waals surface area contributed by atoms with Gasteiger partial charge in [-0.3, -0.25) is 4.79 Å². The van der Waals surface area contributed by atoms with Gasteiger partial charge >= 0.3 is 0 Å². The molecule has 0 aliphatic carbocycles. The predicted molar refractivity (Wildman–Crippen MR) is 93.9 cm³/mol. The number of halogens is 1. The molecule has 0 atom stereocenters. The van der Waals surface area contributed by atoms with Gasteiger partial charge in [0.15, 0.2) is 6.61 Å². The molecule has 2 aromatic carbocycles. The summed E-state index contributed by atoms with van der Waals surface area (Å²) in [6.45, 7) is 0.856. The van der Waals surface area contributed by atoms with Gasteiger partial charge < -0.3 is 9.64 Å². The molecule has 4 nitrogen and oxygen atoms in total. The zero-order valence-corrected chi connectivity index (χ0v) is 14.1. The Balaban J connectivity index is 1.92. The molecule has 24 heavy (non-hydrogen) atoms. The minimum atomic E-state index is -0.152. The van der Waals surface area contributed by atoms with E-state index in [-0.39, 0.29) is 12.5 Å². The van der Waals surface area contributed by atoms with E-state index < -0.39 is 0 Å². The molecular weight excluding hydrogens is 324 g/mol. The van der Waals surface area contributed by atoms with E-state index in [1.807, 2.05) is 30.3 Å². The zero-order valence-electron chi connectivity index (χ0n) is 13.3. The Bertz CT molecular complexity index is 698. The molecule has 5 heteroatoms. The number of rotatable bonds is 8. The van der Waals surface area contributed by atoms with Crippen molar-refractivity contribution in [1.82, 2.24) is 4.90 Å². The first kappa shape index (κ1) is 17.8. The van der Waals surface area contributed by atoms with E-state index in [0.29, 0.717) is 30.3 Å². The van der Waals surface area contributed by atoms with Crippen molar-refractivity contribution in [3.63, 3.8) is 0 Å². The SMILES string of the molecule is N#CCCN(CCc1ccccc1)C(=O)COc1ccccc1Cl. The summed E-state index contributed by atoms with van der Waals surface area (Å²) in [7, 11) is 0. The van der Waals surface area contributed by atoms with Crippen molar-refractivity contribution < 1.29 is 9.53 Å². The van der Waals surface area contributed by atoms with Crippen molar-refractivity contribution in [2.24, 2.45) is 0 Å². The van der Waals surface area contributed by atoms with Gasteiger partial charge in [-0.25, -0.2) is 0 Å². The van der Waals surface area contributed by atoms with Crippen molar-refractivity contribution in [2.45, 2.75) is 12.8 Å². The van der Waals surface area contributed by atoms with Gasteiger partial charge in [0, 0.05) is 13.1 Å². The summed E-state index contributed by atoms with van der Waals surface area (Å²) in [5.74, 6) is 0.330.